The van der Waals surface area contributed by atoms with Crippen LogP contribution in [0.1, 0.15) is 25.3 Å². The highest BCUT2D eigenvalue weighted by Crippen LogP contribution is 2.30. The third-order valence-electron chi connectivity index (χ3n) is 3.57. The van der Waals surface area contributed by atoms with E-state index in [0.717, 1.165) is 18.4 Å². The lowest BCUT2D eigenvalue weighted by Gasteiger charge is -2.15. The molecular weight excluding hydrogens is 326 g/mol. The van der Waals surface area contributed by atoms with Crippen LogP contribution in [0.5, 0.6) is 0 Å². The zero-order valence-electron chi connectivity index (χ0n) is 12.5. The molecule has 0 fully saturated rings. The molecule has 1 heterocycles. The summed E-state index contributed by atoms with van der Waals surface area (Å²) in [6, 6.07) is 4.95. The van der Waals surface area contributed by atoms with Gasteiger partial charge in [0.1, 0.15) is 0 Å². The Morgan fingerprint density at radius 1 is 1.36 bits per heavy atom. The van der Waals surface area contributed by atoms with Gasteiger partial charge < -0.3 is 10.6 Å². The minimum absolute atomic E-state index is 0. The molecule has 0 saturated carbocycles. The molecule has 1 aromatic carbocycles. The molecule has 0 bridgehead atoms. The van der Waals surface area contributed by atoms with Gasteiger partial charge in [-0.3, -0.25) is 4.79 Å². The fourth-order valence-electron chi connectivity index (χ4n) is 2.41. The third-order valence-corrected chi connectivity index (χ3v) is 5.02. The van der Waals surface area contributed by atoms with Gasteiger partial charge in [0.2, 0.25) is 15.9 Å². The largest absolute Gasteiger partial charge is 0.330 e. The second-order valence-electron chi connectivity index (χ2n) is 5.10. The van der Waals surface area contributed by atoms with Gasteiger partial charge in [-0.05, 0) is 43.5 Å². The van der Waals surface area contributed by atoms with Crippen molar-refractivity contribution >= 4 is 34.0 Å². The van der Waals surface area contributed by atoms with Crippen molar-refractivity contribution in [3.8, 4) is 0 Å². The zero-order valence-corrected chi connectivity index (χ0v) is 14.2. The van der Waals surface area contributed by atoms with E-state index in [9.17, 15) is 13.2 Å². The van der Waals surface area contributed by atoms with Gasteiger partial charge >= 0.3 is 0 Å². The number of nitrogens with two attached hydrogens (primary N) is 1. The number of amides is 1. The van der Waals surface area contributed by atoms with Crippen molar-refractivity contribution in [3.63, 3.8) is 0 Å². The number of carbonyl (C=O) groups is 1. The van der Waals surface area contributed by atoms with Crippen molar-refractivity contribution in [2.45, 2.75) is 31.1 Å². The quantitative estimate of drug-likeness (QED) is 0.752. The predicted molar refractivity (Wildman–Crippen MR) is 88.9 cm³/mol. The van der Waals surface area contributed by atoms with Crippen molar-refractivity contribution in [2.75, 3.05) is 24.5 Å². The van der Waals surface area contributed by atoms with Crippen LogP contribution in [0.4, 0.5) is 5.69 Å². The predicted octanol–water partition coefficient (Wildman–Crippen LogP) is 1.03. The molecule has 2 rings (SSSR count). The lowest BCUT2D eigenvalue weighted by molar-refractivity contribution is -0.116. The Kier molecular flexibility index (Phi) is 6.80. The van der Waals surface area contributed by atoms with Gasteiger partial charge in [0.25, 0.3) is 0 Å². The molecule has 0 aromatic heterocycles. The molecule has 0 saturated heterocycles. The van der Waals surface area contributed by atoms with Crippen LogP contribution in [0, 0.1) is 0 Å². The van der Waals surface area contributed by atoms with Gasteiger partial charge in [0, 0.05) is 25.7 Å². The normalized spacial score (nSPS) is 13.6. The van der Waals surface area contributed by atoms with E-state index in [0.29, 0.717) is 31.7 Å². The molecule has 1 aliphatic heterocycles. The van der Waals surface area contributed by atoms with E-state index in [1.54, 1.807) is 23.1 Å². The van der Waals surface area contributed by atoms with Gasteiger partial charge in [0.15, 0.2) is 0 Å². The summed E-state index contributed by atoms with van der Waals surface area (Å²) in [6.07, 6.45) is 2.25. The summed E-state index contributed by atoms with van der Waals surface area (Å²) in [5, 5.41) is 0. The van der Waals surface area contributed by atoms with Crippen LogP contribution in [0.25, 0.3) is 0 Å². The summed E-state index contributed by atoms with van der Waals surface area (Å²) >= 11 is 0. The van der Waals surface area contributed by atoms with E-state index < -0.39 is 10.0 Å². The van der Waals surface area contributed by atoms with Crippen molar-refractivity contribution in [1.29, 1.82) is 0 Å². The van der Waals surface area contributed by atoms with E-state index in [-0.39, 0.29) is 23.2 Å². The van der Waals surface area contributed by atoms with Gasteiger partial charge in [-0.15, -0.1) is 12.4 Å². The van der Waals surface area contributed by atoms with Crippen LogP contribution in [-0.4, -0.2) is 34.0 Å². The fourth-order valence-corrected chi connectivity index (χ4v) is 3.51. The molecule has 8 heteroatoms. The molecule has 6 nitrogen and oxygen atoms in total. The summed E-state index contributed by atoms with van der Waals surface area (Å²) in [5.74, 6) is -0.0702. The lowest BCUT2D eigenvalue weighted by Crippen LogP contribution is -2.27. The summed E-state index contributed by atoms with van der Waals surface area (Å²) in [6.45, 7) is 3.01. The lowest BCUT2D eigenvalue weighted by atomic mass is 10.2. The Balaban J connectivity index is 0.00000242. The minimum Gasteiger partial charge on any atom is -0.330 e. The minimum atomic E-state index is -3.54. The first-order valence-corrected chi connectivity index (χ1v) is 8.55. The summed E-state index contributed by atoms with van der Waals surface area (Å²) in [4.78, 5) is 13.4. The first-order valence-electron chi connectivity index (χ1n) is 7.06. The number of carbonyl (C=O) groups excluding carboxylic acids is 1. The number of fused-ring (bicyclic) bond motifs is 1. The Hall–Kier alpha value is -1.15. The maximum absolute atomic E-state index is 12.2. The van der Waals surface area contributed by atoms with E-state index in [1.165, 1.54) is 6.92 Å². The highest BCUT2D eigenvalue weighted by atomic mass is 35.5. The average Bonchev–Trinajstić information content (AvgIpc) is 2.86. The van der Waals surface area contributed by atoms with Crippen molar-refractivity contribution < 1.29 is 13.2 Å². The van der Waals surface area contributed by atoms with E-state index in [1.807, 2.05) is 0 Å². The number of sulfonamides is 1. The Morgan fingerprint density at radius 2 is 2.09 bits per heavy atom. The van der Waals surface area contributed by atoms with E-state index in [2.05, 4.69) is 4.72 Å². The van der Waals surface area contributed by atoms with Crippen LogP contribution < -0.4 is 15.4 Å². The van der Waals surface area contributed by atoms with Crippen LogP contribution >= 0.6 is 12.4 Å². The highest BCUT2D eigenvalue weighted by Gasteiger charge is 2.24. The number of unbranched alkanes of at least 4 members (excludes halogenated alkanes) is 1. The molecule has 0 atom stereocenters. The monoisotopic (exact) mass is 347 g/mol. The second kappa shape index (κ2) is 7.92. The molecule has 124 valence electrons. The molecule has 1 aromatic rings. The van der Waals surface area contributed by atoms with Crippen molar-refractivity contribution in [2.24, 2.45) is 5.73 Å². The molecule has 22 heavy (non-hydrogen) atoms. The second-order valence-corrected chi connectivity index (χ2v) is 6.87. The first kappa shape index (κ1) is 18.9. The Bertz CT molecular complexity index is 634. The SMILES string of the molecule is CC(=O)N1CCc2ccc(S(=O)(=O)NCCCCN)cc21.Cl. The van der Waals surface area contributed by atoms with Gasteiger partial charge in [-0.2, -0.15) is 0 Å². The number of nitrogens with zero attached hydrogens (tertiary/aromatic N) is 1. The van der Waals surface area contributed by atoms with Gasteiger partial charge in [-0.1, -0.05) is 6.07 Å². The third kappa shape index (κ3) is 4.19. The number of hydrogen-bond acceptors (Lipinski definition) is 4. The van der Waals surface area contributed by atoms with Gasteiger partial charge in [0.05, 0.1) is 4.90 Å². The maximum Gasteiger partial charge on any atom is 0.240 e. The van der Waals surface area contributed by atoms with Crippen molar-refractivity contribution in [1.82, 2.24) is 4.72 Å². The summed E-state index contributed by atoms with van der Waals surface area (Å²) in [5.41, 5.74) is 7.09. The maximum atomic E-state index is 12.2. The van der Waals surface area contributed by atoms with Crippen molar-refractivity contribution in [3.05, 3.63) is 23.8 Å². The number of nitrogens with one attached hydrogen (secondary N) is 1. The smallest absolute Gasteiger partial charge is 0.240 e. The molecule has 3 N–H and O–H groups in total. The standard InChI is InChI=1S/C14H21N3O3S.ClH/c1-11(18)17-9-6-12-4-5-13(10-14(12)17)21(19,20)16-8-3-2-7-15;/h4-5,10,16H,2-3,6-9,15H2,1H3;1H. The molecule has 0 aliphatic carbocycles. The number of halogens is 1. The van der Waals surface area contributed by atoms with Crippen LogP contribution in [-0.2, 0) is 21.2 Å². The summed E-state index contributed by atoms with van der Waals surface area (Å²) in [7, 11) is -3.54. The summed E-state index contributed by atoms with van der Waals surface area (Å²) < 4.78 is 27.0. The topological polar surface area (TPSA) is 92.5 Å². The number of anilines is 1. The van der Waals surface area contributed by atoms with Crippen LogP contribution in [0.15, 0.2) is 23.1 Å². The Labute approximate surface area is 137 Å². The number of benzene rings is 1. The molecule has 1 aliphatic rings. The Morgan fingerprint density at radius 3 is 2.73 bits per heavy atom. The number of hydrogen-bond donors (Lipinski definition) is 2. The van der Waals surface area contributed by atoms with Gasteiger partial charge in [-0.25, -0.2) is 13.1 Å². The molecule has 0 unspecified atom stereocenters. The molecule has 1 amide bonds. The first-order chi connectivity index (χ1) is 9.95. The fraction of sp³-hybridized carbons (Fsp3) is 0.500. The van der Waals surface area contributed by atoms with Crippen LogP contribution in [0.2, 0.25) is 0 Å². The molecular formula is C14H22ClN3O3S. The zero-order chi connectivity index (χ0) is 15.5. The highest BCUT2D eigenvalue weighted by molar-refractivity contribution is 7.89. The molecule has 0 spiro atoms. The van der Waals surface area contributed by atoms with Crippen LogP contribution in [0.3, 0.4) is 0 Å². The average molecular weight is 348 g/mol. The number of rotatable bonds is 6. The van der Waals surface area contributed by atoms with E-state index >= 15 is 0 Å². The molecule has 0 radical (unpaired) electrons. The van der Waals surface area contributed by atoms with E-state index in [4.69, 9.17) is 5.73 Å².